The van der Waals surface area contributed by atoms with E-state index < -0.39 is 5.76 Å². The van der Waals surface area contributed by atoms with Crippen LogP contribution in [0.25, 0.3) is 22.0 Å². The Kier molecular flexibility index (Phi) is 3.42. The molecule has 6 nitrogen and oxygen atoms in total. The number of H-pyrrole nitrogens is 1. The van der Waals surface area contributed by atoms with Gasteiger partial charge in [-0.05, 0) is 24.3 Å². The lowest BCUT2D eigenvalue weighted by Crippen LogP contribution is -2.29. The van der Waals surface area contributed by atoms with Crippen molar-refractivity contribution < 1.29 is 9.21 Å². The summed E-state index contributed by atoms with van der Waals surface area (Å²) in [6.45, 7) is 0.680. The fraction of sp³-hybridized carbons (Fsp3) is 0.111. The minimum absolute atomic E-state index is 0.202. The predicted molar refractivity (Wildman–Crippen MR) is 91.1 cm³/mol. The summed E-state index contributed by atoms with van der Waals surface area (Å²) in [6, 6.07) is 16.7. The number of aromatic amines is 1. The molecule has 2 aromatic carbocycles. The molecule has 120 valence electrons. The smallest absolute Gasteiger partial charge is 0.408 e. The fourth-order valence-corrected chi connectivity index (χ4v) is 2.80. The minimum atomic E-state index is -0.420. The summed E-state index contributed by atoms with van der Waals surface area (Å²) in [5.74, 6) is -0.622. The lowest BCUT2D eigenvalue weighted by atomic mass is 10.2. The first-order valence-corrected chi connectivity index (χ1v) is 7.67. The molecule has 0 aliphatic heterocycles. The van der Waals surface area contributed by atoms with Crippen LogP contribution in [0.1, 0.15) is 10.5 Å². The Labute approximate surface area is 136 Å². The molecule has 0 fully saturated rings. The molecule has 1 amide bonds. The number of hydrogen-bond acceptors (Lipinski definition) is 3. The fourth-order valence-electron chi connectivity index (χ4n) is 2.80. The molecule has 0 bridgehead atoms. The average Bonchev–Trinajstić information content (AvgIpc) is 3.16. The maximum atomic E-state index is 12.2. The highest BCUT2D eigenvalue weighted by Crippen LogP contribution is 2.14. The van der Waals surface area contributed by atoms with E-state index in [-0.39, 0.29) is 5.91 Å². The summed E-state index contributed by atoms with van der Waals surface area (Å²) < 4.78 is 6.68. The standard InChI is InChI=1S/C18H15N3O3/c22-17(14-11-12-5-1-2-6-13(12)20-14)19-9-10-21-15-7-3-4-8-16(15)24-18(21)23/h1-8,11,20H,9-10H2,(H,19,22). The van der Waals surface area contributed by atoms with Crippen LogP contribution in [0.15, 0.2) is 63.8 Å². The van der Waals surface area contributed by atoms with Crippen molar-refractivity contribution in [1.29, 1.82) is 0 Å². The van der Waals surface area contributed by atoms with Crippen LogP contribution in [0.4, 0.5) is 0 Å². The number of carbonyl (C=O) groups excluding carboxylic acids is 1. The van der Waals surface area contributed by atoms with E-state index in [9.17, 15) is 9.59 Å². The first-order chi connectivity index (χ1) is 11.7. The molecule has 0 saturated heterocycles. The van der Waals surface area contributed by atoms with Gasteiger partial charge in [0.2, 0.25) is 0 Å². The Morgan fingerprint density at radius 2 is 1.92 bits per heavy atom. The van der Waals surface area contributed by atoms with Gasteiger partial charge in [0.25, 0.3) is 5.91 Å². The number of nitrogens with one attached hydrogen (secondary N) is 2. The highest BCUT2D eigenvalue weighted by molar-refractivity contribution is 5.97. The molecule has 0 aliphatic rings. The van der Waals surface area contributed by atoms with E-state index in [0.717, 1.165) is 16.4 Å². The molecule has 2 heterocycles. The molecular weight excluding hydrogens is 306 g/mol. The molecule has 4 aromatic rings. The third kappa shape index (κ3) is 2.48. The number of rotatable bonds is 4. The first-order valence-electron chi connectivity index (χ1n) is 7.67. The Balaban J connectivity index is 1.47. The van der Waals surface area contributed by atoms with E-state index in [4.69, 9.17) is 4.42 Å². The van der Waals surface area contributed by atoms with Gasteiger partial charge in [-0.3, -0.25) is 9.36 Å². The summed E-state index contributed by atoms with van der Waals surface area (Å²) in [6.07, 6.45) is 0. The van der Waals surface area contributed by atoms with E-state index in [0.29, 0.717) is 24.4 Å². The molecule has 6 heteroatoms. The second-order valence-electron chi connectivity index (χ2n) is 5.51. The van der Waals surface area contributed by atoms with E-state index in [2.05, 4.69) is 10.3 Å². The number of oxazole rings is 1. The highest BCUT2D eigenvalue weighted by atomic mass is 16.4. The molecule has 4 rings (SSSR count). The summed E-state index contributed by atoms with van der Waals surface area (Å²) in [7, 11) is 0. The van der Waals surface area contributed by atoms with Crippen LogP contribution in [0.3, 0.4) is 0 Å². The molecule has 2 N–H and O–H groups in total. The van der Waals surface area contributed by atoms with Crippen molar-refractivity contribution in [3.63, 3.8) is 0 Å². The second kappa shape index (κ2) is 5.73. The number of hydrogen-bond donors (Lipinski definition) is 2. The molecular formula is C18H15N3O3. The van der Waals surface area contributed by atoms with Gasteiger partial charge in [0.05, 0.1) is 5.52 Å². The SMILES string of the molecule is O=C(NCCn1c(=O)oc2ccccc21)c1cc2ccccc2[nH]1. The van der Waals surface area contributed by atoms with Crippen molar-refractivity contribution in [3.8, 4) is 0 Å². The molecule has 0 unspecified atom stereocenters. The van der Waals surface area contributed by atoms with Crippen LogP contribution in [0.5, 0.6) is 0 Å². The van der Waals surface area contributed by atoms with Crippen LogP contribution < -0.4 is 11.1 Å². The van der Waals surface area contributed by atoms with Crippen LogP contribution >= 0.6 is 0 Å². The molecule has 2 aromatic heterocycles. The van der Waals surface area contributed by atoms with Gasteiger partial charge < -0.3 is 14.7 Å². The van der Waals surface area contributed by atoms with Gasteiger partial charge in [-0.1, -0.05) is 30.3 Å². The number of para-hydroxylation sites is 3. The lowest BCUT2D eigenvalue weighted by Gasteiger charge is -2.04. The Morgan fingerprint density at radius 3 is 2.79 bits per heavy atom. The van der Waals surface area contributed by atoms with Gasteiger partial charge in [-0.15, -0.1) is 0 Å². The Hall–Kier alpha value is -3.28. The number of nitrogens with zero attached hydrogens (tertiary/aromatic N) is 1. The van der Waals surface area contributed by atoms with Crippen molar-refractivity contribution in [3.05, 3.63) is 70.8 Å². The molecule has 0 saturated carbocycles. The van der Waals surface area contributed by atoms with Crippen molar-refractivity contribution in [1.82, 2.24) is 14.9 Å². The number of benzene rings is 2. The van der Waals surface area contributed by atoms with E-state index in [1.807, 2.05) is 48.5 Å². The van der Waals surface area contributed by atoms with Crippen molar-refractivity contribution in [2.45, 2.75) is 6.54 Å². The Bertz CT molecular complexity index is 1050. The van der Waals surface area contributed by atoms with Crippen LogP contribution in [-0.2, 0) is 6.54 Å². The van der Waals surface area contributed by atoms with Crippen molar-refractivity contribution >= 4 is 27.9 Å². The normalized spacial score (nSPS) is 11.2. The van der Waals surface area contributed by atoms with Gasteiger partial charge in [0.15, 0.2) is 5.58 Å². The summed E-state index contributed by atoms with van der Waals surface area (Å²) >= 11 is 0. The molecule has 0 aliphatic carbocycles. The average molecular weight is 321 g/mol. The zero-order valence-corrected chi connectivity index (χ0v) is 12.8. The van der Waals surface area contributed by atoms with E-state index in [1.54, 1.807) is 6.07 Å². The number of aromatic nitrogens is 2. The van der Waals surface area contributed by atoms with Gasteiger partial charge >= 0.3 is 5.76 Å². The van der Waals surface area contributed by atoms with E-state index >= 15 is 0 Å². The quantitative estimate of drug-likeness (QED) is 0.606. The summed E-state index contributed by atoms with van der Waals surface area (Å²) in [5.41, 5.74) is 2.69. The lowest BCUT2D eigenvalue weighted by molar-refractivity contribution is 0.0948. The topological polar surface area (TPSA) is 80.0 Å². The number of fused-ring (bicyclic) bond motifs is 2. The second-order valence-corrected chi connectivity index (χ2v) is 5.51. The van der Waals surface area contributed by atoms with Gasteiger partial charge in [-0.2, -0.15) is 0 Å². The third-order valence-electron chi connectivity index (χ3n) is 3.97. The predicted octanol–water partition coefficient (Wildman–Crippen LogP) is 2.51. The number of amides is 1. The van der Waals surface area contributed by atoms with E-state index in [1.165, 1.54) is 4.57 Å². The first kappa shape index (κ1) is 14.3. The highest BCUT2D eigenvalue weighted by Gasteiger charge is 2.11. The van der Waals surface area contributed by atoms with Crippen LogP contribution in [0, 0.1) is 0 Å². The summed E-state index contributed by atoms with van der Waals surface area (Å²) in [5, 5.41) is 3.80. The maximum Gasteiger partial charge on any atom is 0.420 e. The molecule has 0 radical (unpaired) electrons. The zero-order chi connectivity index (χ0) is 16.5. The zero-order valence-electron chi connectivity index (χ0n) is 12.8. The third-order valence-corrected chi connectivity index (χ3v) is 3.97. The molecule has 0 atom stereocenters. The minimum Gasteiger partial charge on any atom is -0.408 e. The molecule has 0 spiro atoms. The molecule has 24 heavy (non-hydrogen) atoms. The van der Waals surface area contributed by atoms with Gasteiger partial charge in [0.1, 0.15) is 5.69 Å². The largest absolute Gasteiger partial charge is 0.420 e. The summed E-state index contributed by atoms with van der Waals surface area (Å²) in [4.78, 5) is 27.2. The van der Waals surface area contributed by atoms with Gasteiger partial charge in [-0.25, -0.2) is 4.79 Å². The maximum absolute atomic E-state index is 12.2. The van der Waals surface area contributed by atoms with Crippen molar-refractivity contribution in [2.24, 2.45) is 0 Å². The van der Waals surface area contributed by atoms with Crippen LogP contribution in [-0.4, -0.2) is 22.0 Å². The van der Waals surface area contributed by atoms with Crippen molar-refractivity contribution in [2.75, 3.05) is 6.54 Å². The number of carbonyl (C=O) groups is 1. The Morgan fingerprint density at radius 1 is 1.12 bits per heavy atom. The van der Waals surface area contributed by atoms with Crippen LogP contribution in [0.2, 0.25) is 0 Å². The monoisotopic (exact) mass is 321 g/mol. The van der Waals surface area contributed by atoms with Gasteiger partial charge in [0, 0.05) is 24.0 Å².